The van der Waals surface area contributed by atoms with Gasteiger partial charge in [0.05, 0.1) is 23.3 Å². The quantitative estimate of drug-likeness (QED) is 0.876. The van der Waals surface area contributed by atoms with Crippen LogP contribution in [0.3, 0.4) is 0 Å². The van der Waals surface area contributed by atoms with Crippen molar-refractivity contribution in [2.24, 2.45) is 7.05 Å². The summed E-state index contributed by atoms with van der Waals surface area (Å²) >= 11 is 1.38. The molecule has 0 aromatic carbocycles. The summed E-state index contributed by atoms with van der Waals surface area (Å²) in [6.07, 6.45) is 6.19. The smallest absolute Gasteiger partial charge is 0.266 e. The van der Waals surface area contributed by atoms with Gasteiger partial charge in [0.15, 0.2) is 0 Å². The first-order valence-electron chi connectivity index (χ1n) is 6.45. The molecule has 0 saturated carbocycles. The average Bonchev–Trinajstić information content (AvgIpc) is 2.88. The highest BCUT2D eigenvalue weighted by molar-refractivity contribution is 7.21. The van der Waals surface area contributed by atoms with E-state index < -0.39 is 0 Å². The van der Waals surface area contributed by atoms with Crippen molar-refractivity contribution in [3.8, 4) is 12.3 Å². The lowest BCUT2D eigenvalue weighted by atomic mass is 10.2. The Balaban J connectivity index is 2.47. The van der Waals surface area contributed by atoms with Gasteiger partial charge in [-0.3, -0.25) is 9.48 Å². The lowest BCUT2D eigenvalue weighted by Gasteiger charge is -2.18. The van der Waals surface area contributed by atoms with Crippen LogP contribution in [0.5, 0.6) is 0 Å². The summed E-state index contributed by atoms with van der Waals surface area (Å²) in [7, 11) is 1.85. The number of hydrogen-bond donors (Lipinski definition) is 1. The number of carbonyl (C=O) groups excluding carboxylic acids is 1. The van der Waals surface area contributed by atoms with Crippen LogP contribution in [0.1, 0.15) is 28.7 Å². The number of aromatic nitrogens is 2. The second kappa shape index (κ2) is 5.55. The van der Waals surface area contributed by atoms with Crippen LogP contribution >= 0.6 is 11.3 Å². The number of nitrogens with two attached hydrogens (primary N) is 1. The van der Waals surface area contributed by atoms with Crippen molar-refractivity contribution >= 4 is 33.1 Å². The predicted octanol–water partition coefficient (Wildman–Crippen LogP) is 2.01. The molecule has 1 amide bonds. The topological polar surface area (TPSA) is 64.2 Å². The van der Waals surface area contributed by atoms with Gasteiger partial charge in [0.1, 0.15) is 9.71 Å². The predicted molar refractivity (Wildman–Crippen MR) is 82.8 cm³/mol. The van der Waals surface area contributed by atoms with Gasteiger partial charge in [-0.1, -0.05) is 12.8 Å². The fraction of sp³-hybridized carbons (Fsp3) is 0.429. The van der Waals surface area contributed by atoms with E-state index in [0.717, 1.165) is 22.3 Å². The van der Waals surface area contributed by atoms with E-state index in [4.69, 9.17) is 12.2 Å². The van der Waals surface area contributed by atoms with Gasteiger partial charge in [0.2, 0.25) is 0 Å². The highest BCUT2D eigenvalue weighted by Crippen LogP contribution is 2.36. The minimum Gasteiger partial charge on any atom is -0.397 e. The van der Waals surface area contributed by atoms with Gasteiger partial charge in [-0.15, -0.1) is 17.8 Å². The summed E-state index contributed by atoms with van der Waals surface area (Å²) < 4.78 is 1.76. The Morgan fingerprint density at radius 2 is 2.30 bits per heavy atom. The van der Waals surface area contributed by atoms with E-state index >= 15 is 0 Å². The molecule has 5 nitrogen and oxygen atoms in total. The SMILES string of the molecule is C#CCN(CCC)C(=O)c1sc2c(c(C)nn2C)c1N. The molecule has 0 aliphatic heterocycles. The van der Waals surface area contributed by atoms with Gasteiger partial charge in [-0.2, -0.15) is 5.10 Å². The number of hydrogen-bond acceptors (Lipinski definition) is 4. The molecule has 2 aromatic rings. The number of anilines is 1. The monoisotopic (exact) mass is 290 g/mol. The van der Waals surface area contributed by atoms with E-state index in [1.54, 1.807) is 9.58 Å². The first-order valence-corrected chi connectivity index (χ1v) is 7.27. The molecule has 0 bridgehead atoms. The molecule has 6 heteroatoms. The van der Waals surface area contributed by atoms with E-state index in [0.29, 0.717) is 23.7 Å². The zero-order valence-corrected chi connectivity index (χ0v) is 12.8. The molecule has 0 spiro atoms. The molecule has 0 unspecified atom stereocenters. The summed E-state index contributed by atoms with van der Waals surface area (Å²) in [6, 6.07) is 0. The molecule has 2 aromatic heterocycles. The van der Waals surface area contributed by atoms with Crippen LogP contribution < -0.4 is 5.73 Å². The number of thiophene rings is 1. The van der Waals surface area contributed by atoms with Crippen molar-refractivity contribution in [1.82, 2.24) is 14.7 Å². The van der Waals surface area contributed by atoms with E-state index in [-0.39, 0.29) is 5.91 Å². The van der Waals surface area contributed by atoms with Crippen LogP contribution in [0, 0.1) is 19.3 Å². The molecule has 0 aliphatic carbocycles. The molecule has 0 aliphatic rings. The Hall–Kier alpha value is -2.00. The molecule has 2 heterocycles. The van der Waals surface area contributed by atoms with Crippen molar-refractivity contribution < 1.29 is 4.79 Å². The van der Waals surface area contributed by atoms with E-state index in [1.165, 1.54) is 11.3 Å². The van der Waals surface area contributed by atoms with Gasteiger partial charge in [0, 0.05) is 13.6 Å². The van der Waals surface area contributed by atoms with E-state index in [9.17, 15) is 4.79 Å². The highest BCUT2D eigenvalue weighted by Gasteiger charge is 2.24. The lowest BCUT2D eigenvalue weighted by molar-refractivity contribution is 0.0782. The second-order valence-corrected chi connectivity index (χ2v) is 5.66. The third-order valence-corrected chi connectivity index (χ3v) is 4.40. The van der Waals surface area contributed by atoms with Crippen LogP contribution in [0.2, 0.25) is 0 Å². The zero-order valence-electron chi connectivity index (χ0n) is 11.9. The summed E-state index contributed by atoms with van der Waals surface area (Å²) in [5.74, 6) is 2.43. The van der Waals surface area contributed by atoms with Gasteiger partial charge in [0.25, 0.3) is 5.91 Å². The third kappa shape index (κ3) is 2.25. The molecule has 0 saturated heterocycles. The number of fused-ring (bicyclic) bond motifs is 1. The summed E-state index contributed by atoms with van der Waals surface area (Å²) in [5, 5.41) is 5.19. The van der Waals surface area contributed by atoms with Crippen molar-refractivity contribution in [2.45, 2.75) is 20.3 Å². The van der Waals surface area contributed by atoms with E-state index in [2.05, 4.69) is 11.0 Å². The Morgan fingerprint density at radius 1 is 1.60 bits per heavy atom. The molecule has 2 rings (SSSR count). The standard InChI is InChI=1S/C14H18N4OS/c1-5-7-18(8-6-2)13(19)12-11(15)10-9(3)16-17(4)14(10)20-12/h1H,6-8,15H2,2-4H3. The first kappa shape index (κ1) is 14.4. The maximum atomic E-state index is 12.6. The van der Waals surface area contributed by atoms with E-state index in [1.807, 2.05) is 20.9 Å². The average molecular weight is 290 g/mol. The maximum absolute atomic E-state index is 12.6. The number of amides is 1. The molecule has 106 valence electrons. The molecular formula is C14H18N4OS. The number of carbonyl (C=O) groups is 1. The number of aryl methyl sites for hydroxylation is 2. The lowest BCUT2D eigenvalue weighted by Crippen LogP contribution is -2.32. The van der Waals surface area contributed by atoms with Crippen LogP contribution in [-0.4, -0.2) is 33.7 Å². The Kier molecular flexibility index (Phi) is 4.00. The molecule has 0 radical (unpaired) electrons. The van der Waals surface area contributed by atoms with Crippen molar-refractivity contribution in [3.63, 3.8) is 0 Å². The van der Waals surface area contributed by atoms with Crippen molar-refractivity contribution in [1.29, 1.82) is 0 Å². The fourth-order valence-corrected chi connectivity index (χ4v) is 3.42. The largest absolute Gasteiger partial charge is 0.397 e. The molecule has 0 fully saturated rings. The summed E-state index contributed by atoms with van der Waals surface area (Å²) in [4.78, 5) is 15.7. The number of nitrogen functional groups attached to an aromatic ring is 1. The number of rotatable bonds is 4. The zero-order chi connectivity index (χ0) is 14.9. The first-order chi connectivity index (χ1) is 9.51. The van der Waals surface area contributed by atoms with Crippen LogP contribution in [0.15, 0.2) is 0 Å². The maximum Gasteiger partial charge on any atom is 0.266 e. The Morgan fingerprint density at radius 3 is 2.85 bits per heavy atom. The molecule has 2 N–H and O–H groups in total. The molecule has 0 atom stereocenters. The number of terminal acetylenes is 1. The highest BCUT2D eigenvalue weighted by atomic mass is 32.1. The van der Waals surface area contributed by atoms with Crippen molar-refractivity contribution in [3.05, 3.63) is 10.6 Å². The molecular weight excluding hydrogens is 272 g/mol. The minimum atomic E-state index is -0.0945. The Bertz CT molecular complexity index is 692. The normalized spacial score (nSPS) is 10.7. The summed E-state index contributed by atoms with van der Waals surface area (Å²) in [5.41, 5.74) is 7.50. The minimum absolute atomic E-state index is 0.0945. The van der Waals surface area contributed by atoms with Gasteiger partial charge in [-0.25, -0.2) is 0 Å². The van der Waals surface area contributed by atoms with Gasteiger partial charge in [-0.05, 0) is 13.3 Å². The van der Waals surface area contributed by atoms with Gasteiger partial charge >= 0.3 is 0 Å². The molecule has 20 heavy (non-hydrogen) atoms. The summed E-state index contributed by atoms with van der Waals surface area (Å²) in [6.45, 7) is 4.84. The van der Waals surface area contributed by atoms with Crippen LogP contribution in [-0.2, 0) is 7.05 Å². The fourth-order valence-electron chi connectivity index (χ4n) is 2.26. The Labute approximate surface area is 122 Å². The van der Waals surface area contributed by atoms with Crippen LogP contribution in [0.4, 0.5) is 5.69 Å². The van der Waals surface area contributed by atoms with Gasteiger partial charge < -0.3 is 10.6 Å². The number of nitrogens with zero attached hydrogens (tertiary/aromatic N) is 3. The second-order valence-electron chi connectivity index (χ2n) is 4.66. The van der Waals surface area contributed by atoms with Crippen LogP contribution in [0.25, 0.3) is 10.2 Å². The van der Waals surface area contributed by atoms with Crippen molar-refractivity contribution in [2.75, 3.05) is 18.8 Å². The third-order valence-electron chi connectivity index (χ3n) is 3.14.